The van der Waals surface area contributed by atoms with E-state index in [0.29, 0.717) is 0 Å². The Hall–Kier alpha value is -1.67. The van der Waals surface area contributed by atoms with Crippen LogP contribution in [0.15, 0.2) is 42.5 Å². The highest BCUT2D eigenvalue weighted by Gasteiger charge is 2.12. The van der Waals surface area contributed by atoms with Gasteiger partial charge in [-0.25, -0.2) is 0 Å². The summed E-state index contributed by atoms with van der Waals surface area (Å²) in [5.41, 5.74) is 2.52. The number of carbonyl (C=O) groups excluding carboxylic acids is 1. The second-order valence-corrected chi connectivity index (χ2v) is 7.75. The van der Waals surface area contributed by atoms with Crippen LogP contribution >= 0.6 is 11.3 Å². The van der Waals surface area contributed by atoms with Crippen LogP contribution in [0, 0.1) is 0 Å². The molecule has 0 fully saturated rings. The molecular formula is C20H24OS. The molecule has 1 nitrogen and oxygen atoms in total. The van der Waals surface area contributed by atoms with Crippen molar-refractivity contribution in [1.29, 1.82) is 0 Å². The first-order valence-corrected chi connectivity index (χ1v) is 8.63. The number of benzene rings is 1. The third-order valence-electron chi connectivity index (χ3n) is 3.60. The largest absolute Gasteiger partial charge is 0.288 e. The van der Waals surface area contributed by atoms with Crippen LogP contribution in [0.25, 0.3) is 6.08 Å². The lowest BCUT2D eigenvalue weighted by atomic mass is 9.87. The highest BCUT2D eigenvalue weighted by molar-refractivity contribution is 7.14. The zero-order valence-electron chi connectivity index (χ0n) is 13.8. The van der Waals surface area contributed by atoms with Gasteiger partial charge >= 0.3 is 0 Å². The molecule has 2 heteroatoms. The molecule has 0 aliphatic carbocycles. The molecule has 0 aliphatic heterocycles. The fourth-order valence-corrected chi connectivity index (χ4v) is 3.27. The number of ketones is 1. The Morgan fingerprint density at radius 2 is 1.77 bits per heavy atom. The fourth-order valence-electron chi connectivity index (χ4n) is 2.24. The molecule has 0 saturated heterocycles. The molecule has 0 spiro atoms. The van der Waals surface area contributed by atoms with Gasteiger partial charge in [-0.15, -0.1) is 11.3 Å². The van der Waals surface area contributed by atoms with E-state index in [9.17, 15) is 4.79 Å². The van der Waals surface area contributed by atoms with E-state index in [4.69, 9.17) is 0 Å². The summed E-state index contributed by atoms with van der Waals surface area (Å²) in [4.78, 5) is 14.3. The van der Waals surface area contributed by atoms with E-state index in [1.165, 1.54) is 10.4 Å². The molecule has 0 bridgehead atoms. The first-order chi connectivity index (χ1) is 10.4. The summed E-state index contributed by atoms with van der Waals surface area (Å²) >= 11 is 1.61. The lowest BCUT2D eigenvalue weighted by Gasteiger charge is -2.18. The minimum absolute atomic E-state index is 0.0900. The van der Waals surface area contributed by atoms with Gasteiger partial charge in [0.05, 0.1) is 4.88 Å². The Balaban J connectivity index is 2.05. The van der Waals surface area contributed by atoms with Crippen molar-refractivity contribution in [2.45, 2.75) is 46.0 Å². The van der Waals surface area contributed by atoms with Gasteiger partial charge in [-0.3, -0.25) is 4.79 Å². The van der Waals surface area contributed by atoms with Gasteiger partial charge in [0.15, 0.2) is 5.78 Å². The van der Waals surface area contributed by atoms with E-state index in [2.05, 4.69) is 58.0 Å². The van der Waals surface area contributed by atoms with Crippen LogP contribution in [-0.2, 0) is 11.8 Å². The standard InChI is InChI=1S/C20H24OS/c1-5-6-17-12-14-19(22-17)18(21)13-9-15-7-10-16(11-8-15)20(2,3)4/h7-14H,5-6H2,1-4H3/b13-9+. The Morgan fingerprint density at radius 1 is 1.09 bits per heavy atom. The van der Waals surface area contributed by atoms with Crippen molar-refractivity contribution >= 4 is 23.2 Å². The molecule has 2 aromatic rings. The summed E-state index contributed by atoms with van der Waals surface area (Å²) in [5, 5.41) is 0. The van der Waals surface area contributed by atoms with Crippen LogP contribution < -0.4 is 0 Å². The molecule has 0 saturated carbocycles. The monoisotopic (exact) mass is 312 g/mol. The molecule has 0 aliphatic rings. The molecule has 2 rings (SSSR count). The third kappa shape index (κ3) is 4.41. The van der Waals surface area contributed by atoms with E-state index >= 15 is 0 Å². The molecule has 22 heavy (non-hydrogen) atoms. The quantitative estimate of drug-likeness (QED) is 0.496. The molecule has 1 aromatic carbocycles. The van der Waals surface area contributed by atoms with E-state index < -0.39 is 0 Å². The van der Waals surface area contributed by atoms with E-state index in [0.717, 1.165) is 23.3 Å². The van der Waals surface area contributed by atoms with Gasteiger partial charge in [-0.05, 0) is 41.2 Å². The second kappa shape index (κ2) is 7.06. The molecule has 0 unspecified atom stereocenters. The molecule has 0 atom stereocenters. The number of rotatable bonds is 5. The molecule has 0 radical (unpaired) electrons. The van der Waals surface area contributed by atoms with Crippen LogP contribution in [0.4, 0.5) is 0 Å². The smallest absolute Gasteiger partial charge is 0.195 e. The topological polar surface area (TPSA) is 17.1 Å². The van der Waals surface area contributed by atoms with Crippen LogP contribution in [0.5, 0.6) is 0 Å². The van der Waals surface area contributed by atoms with Gasteiger partial charge in [0.2, 0.25) is 0 Å². The Morgan fingerprint density at radius 3 is 2.36 bits per heavy atom. The lowest BCUT2D eigenvalue weighted by Crippen LogP contribution is -2.10. The molecule has 1 heterocycles. The minimum atomic E-state index is 0.0900. The zero-order valence-corrected chi connectivity index (χ0v) is 14.7. The highest BCUT2D eigenvalue weighted by Crippen LogP contribution is 2.23. The van der Waals surface area contributed by atoms with Crippen LogP contribution in [0.1, 0.15) is 59.8 Å². The number of thiophene rings is 1. The van der Waals surface area contributed by atoms with Crippen molar-refractivity contribution in [1.82, 2.24) is 0 Å². The number of allylic oxidation sites excluding steroid dienone is 1. The summed E-state index contributed by atoms with van der Waals surface area (Å²) in [6.45, 7) is 8.76. The van der Waals surface area contributed by atoms with Gasteiger partial charge in [0.1, 0.15) is 0 Å². The minimum Gasteiger partial charge on any atom is -0.288 e. The van der Waals surface area contributed by atoms with E-state index in [1.807, 2.05) is 12.1 Å². The molecule has 0 amide bonds. The summed E-state index contributed by atoms with van der Waals surface area (Å²) in [7, 11) is 0. The molecule has 0 N–H and O–H groups in total. The summed E-state index contributed by atoms with van der Waals surface area (Å²) in [6.07, 6.45) is 5.74. The molecule has 116 valence electrons. The number of carbonyl (C=O) groups is 1. The number of hydrogen-bond acceptors (Lipinski definition) is 2. The highest BCUT2D eigenvalue weighted by atomic mass is 32.1. The summed E-state index contributed by atoms with van der Waals surface area (Å²) in [5.74, 6) is 0.0900. The van der Waals surface area contributed by atoms with Crippen molar-refractivity contribution in [2.75, 3.05) is 0 Å². The summed E-state index contributed by atoms with van der Waals surface area (Å²) < 4.78 is 0. The van der Waals surface area contributed by atoms with E-state index in [-0.39, 0.29) is 11.2 Å². The van der Waals surface area contributed by atoms with E-state index in [1.54, 1.807) is 17.4 Å². The van der Waals surface area contributed by atoms with Crippen LogP contribution in [-0.4, -0.2) is 5.78 Å². The molecular weight excluding hydrogens is 288 g/mol. The van der Waals surface area contributed by atoms with Gasteiger partial charge in [0.25, 0.3) is 0 Å². The lowest BCUT2D eigenvalue weighted by molar-refractivity contribution is 0.105. The Bertz CT molecular complexity index is 654. The van der Waals surface area contributed by atoms with Crippen molar-refractivity contribution in [3.63, 3.8) is 0 Å². The maximum atomic E-state index is 12.2. The zero-order chi connectivity index (χ0) is 16.2. The van der Waals surface area contributed by atoms with Crippen molar-refractivity contribution < 1.29 is 4.79 Å². The van der Waals surface area contributed by atoms with Crippen molar-refractivity contribution in [3.8, 4) is 0 Å². The second-order valence-electron chi connectivity index (χ2n) is 6.59. The maximum absolute atomic E-state index is 12.2. The summed E-state index contributed by atoms with van der Waals surface area (Å²) in [6, 6.07) is 12.4. The number of hydrogen-bond donors (Lipinski definition) is 0. The van der Waals surface area contributed by atoms with Gasteiger partial charge < -0.3 is 0 Å². The normalized spacial score (nSPS) is 12.0. The first kappa shape index (κ1) is 16.7. The average molecular weight is 312 g/mol. The van der Waals surface area contributed by atoms with Gasteiger partial charge in [0, 0.05) is 4.88 Å². The first-order valence-electron chi connectivity index (χ1n) is 7.82. The predicted molar refractivity (Wildman–Crippen MR) is 96.8 cm³/mol. The van der Waals surface area contributed by atoms with Crippen molar-refractivity contribution in [2.24, 2.45) is 0 Å². The fraction of sp³-hybridized carbons (Fsp3) is 0.350. The molecule has 1 aromatic heterocycles. The predicted octanol–water partition coefficient (Wildman–Crippen LogP) is 5.89. The van der Waals surface area contributed by atoms with Gasteiger partial charge in [-0.2, -0.15) is 0 Å². The average Bonchev–Trinajstić information content (AvgIpc) is 2.93. The van der Waals surface area contributed by atoms with Gasteiger partial charge in [-0.1, -0.05) is 64.5 Å². The SMILES string of the molecule is CCCc1ccc(C(=O)/C=C/c2ccc(C(C)(C)C)cc2)s1. The Kier molecular flexibility index (Phi) is 5.36. The van der Waals surface area contributed by atoms with Crippen LogP contribution in [0.3, 0.4) is 0 Å². The van der Waals surface area contributed by atoms with Crippen LogP contribution in [0.2, 0.25) is 0 Å². The van der Waals surface area contributed by atoms with Crippen molar-refractivity contribution in [3.05, 3.63) is 63.4 Å². The third-order valence-corrected chi connectivity index (χ3v) is 4.76. The Labute approximate surface area is 137 Å². The number of aryl methyl sites for hydroxylation is 1. The maximum Gasteiger partial charge on any atom is 0.195 e.